The molecule has 0 spiro atoms. The van der Waals surface area contributed by atoms with E-state index in [0.717, 1.165) is 5.56 Å². The number of hydrogen-bond acceptors (Lipinski definition) is 5. The molecule has 0 saturated heterocycles. The lowest BCUT2D eigenvalue weighted by Gasteiger charge is -2.10. The zero-order valence-corrected chi connectivity index (χ0v) is 15.8. The number of amides is 2. The van der Waals surface area contributed by atoms with Crippen LogP contribution in [-0.4, -0.2) is 26.8 Å². The van der Waals surface area contributed by atoms with Crippen LogP contribution in [0, 0.1) is 5.41 Å². The van der Waals surface area contributed by atoms with Gasteiger partial charge in [0.25, 0.3) is 0 Å². The SMILES string of the molecule is NC(=O)C1(C(N)=O)CC1c1ccc(Oc2ccnc(-c3ncc(C(F)(F)F)[nH]3)c2)cc1. The molecule has 2 amide bonds. The lowest BCUT2D eigenvalue weighted by Crippen LogP contribution is -2.38. The van der Waals surface area contributed by atoms with Gasteiger partial charge in [-0.1, -0.05) is 12.1 Å². The summed E-state index contributed by atoms with van der Waals surface area (Å²) in [5.41, 5.74) is 9.24. The third-order valence-electron chi connectivity index (χ3n) is 5.21. The Hall–Kier alpha value is -3.89. The summed E-state index contributed by atoms with van der Waals surface area (Å²) >= 11 is 0. The molecule has 160 valence electrons. The number of carbonyl (C=O) groups excluding carboxylic acids is 2. The van der Waals surface area contributed by atoms with Crippen LogP contribution in [0.25, 0.3) is 11.5 Å². The summed E-state index contributed by atoms with van der Waals surface area (Å²) in [6.45, 7) is 0. The third kappa shape index (κ3) is 3.69. The lowest BCUT2D eigenvalue weighted by atomic mass is 9.97. The maximum absolute atomic E-state index is 12.7. The number of imidazole rings is 1. The van der Waals surface area contributed by atoms with Crippen LogP contribution >= 0.6 is 0 Å². The Labute approximate surface area is 173 Å². The van der Waals surface area contributed by atoms with E-state index < -0.39 is 29.1 Å². The van der Waals surface area contributed by atoms with Crippen molar-refractivity contribution >= 4 is 11.8 Å². The number of halogens is 3. The van der Waals surface area contributed by atoms with Crippen LogP contribution in [0.5, 0.6) is 11.5 Å². The fourth-order valence-corrected chi connectivity index (χ4v) is 3.44. The van der Waals surface area contributed by atoms with Gasteiger partial charge < -0.3 is 21.2 Å². The first-order valence-electron chi connectivity index (χ1n) is 9.07. The molecule has 8 nitrogen and oxygen atoms in total. The molecule has 1 atom stereocenters. The molecule has 1 unspecified atom stereocenters. The molecule has 1 aromatic carbocycles. The van der Waals surface area contributed by atoms with Gasteiger partial charge in [0.05, 0.1) is 6.20 Å². The number of H-pyrrole nitrogens is 1. The van der Waals surface area contributed by atoms with E-state index in [1.54, 1.807) is 24.3 Å². The summed E-state index contributed by atoms with van der Waals surface area (Å²) in [6, 6.07) is 9.64. The summed E-state index contributed by atoms with van der Waals surface area (Å²) in [5.74, 6) is -1.16. The van der Waals surface area contributed by atoms with Crippen molar-refractivity contribution in [3.05, 3.63) is 60.0 Å². The quantitative estimate of drug-likeness (QED) is 0.516. The van der Waals surface area contributed by atoms with Crippen LogP contribution in [0.15, 0.2) is 48.8 Å². The van der Waals surface area contributed by atoms with Gasteiger partial charge in [-0.15, -0.1) is 0 Å². The van der Waals surface area contributed by atoms with E-state index in [9.17, 15) is 22.8 Å². The van der Waals surface area contributed by atoms with Gasteiger partial charge in [-0.25, -0.2) is 4.98 Å². The molecule has 31 heavy (non-hydrogen) atoms. The van der Waals surface area contributed by atoms with Crippen molar-refractivity contribution in [1.29, 1.82) is 0 Å². The third-order valence-corrected chi connectivity index (χ3v) is 5.21. The van der Waals surface area contributed by atoms with Crippen molar-refractivity contribution in [2.24, 2.45) is 16.9 Å². The Balaban J connectivity index is 1.50. The van der Waals surface area contributed by atoms with Gasteiger partial charge in [0.15, 0.2) is 5.82 Å². The second-order valence-electron chi connectivity index (χ2n) is 7.15. The average molecular weight is 431 g/mol. The molecule has 1 fully saturated rings. The predicted molar refractivity (Wildman–Crippen MR) is 102 cm³/mol. The average Bonchev–Trinajstić information content (AvgIpc) is 3.28. The molecule has 0 bridgehead atoms. The fraction of sp³-hybridized carbons (Fsp3) is 0.200. The smallest absolute Gasteiger partial charge is 0.432 e. The highest BCUT2D eigenvalue weighted by atomic mass is 19.4. The predicted octanol–water partition coefficient (Wildman–Crippen LogP) is 2.73. The Morgan fingerprint density at radius 1 is 1.06 bits per heavy atom. The first kappa shape index (κ1) is 20.4. The van der Waals surface area contributed by atoms with Gasteiger partial charge >= 0.3 is 6.18 Å². The van der Waals surface area contributed by atoms with Crippen molar-refractivity contribution in [3.63, 3.8) is 0 Å². The Morgan fingerprint density at radius 2 is 1.74 bits per heavy atom. The number of hydrogen-bond donors (Lipinski definition) is 3. The van der Waals surface area contributed by atoms with Crippen LogP contribution in [0.3, 0.4) is 0 Å². The van der Waals surface area contributed by atoms with E-state index >= 15 is 0 Å². The van der Waals surface area contributed by atoms with E-state index in [1.165, 1.54) is 18.3 Å². The topological polar surface area (TPSA) is 137 Å². The van der Waals surface area contributed by atoms with E-state index in [0.29, 0.717) is 17.7 Å². The number of pyridine rings is 1. The Bertz CT molecular complexity index is 1140. The summed E-state index contributed by atoms with van der Waals surface area (Å²) in [7, 11) is 0. The molecule has 1 aliphatic rings. The van der Waals surface area contributed by atoms with E-state index in [4.69, 9.17) is 16.2 Å². The van der Waals surface area contributed by atoms with Gasteiger partial charge in [-0.05, 0) is 30.2 Å². The number of aromatic amines is 1. The minimum atomic E-state index is -4.54. The highest BCUT2D eigenvalue weighted by Gasteiger charge is 2.64. The minimum absolute atomic E-state index is 0.0453. The second kappa shape index (κ2) is 7.11. The van der Waals surface area contributed by atoms with Crippen LogP contribution in [0.4, 0.5) is 13.2 Å². The molecule has 11 heteroatoms. The number of benzene rings is 1. The molecule has 1 saturated carbocycles. The number of nitrogens with zero attached hydrogens (tertiary/aromatic N) is 2. The van der Waals surface area contributed by atoms with Crippen LogP contribution in [0.2, 0.25) is 0 Å². The van der Waals surface area contributed by atoms with Gasteiger partial charge in [0.2, 0.25) is 11.8 Å². The number of primary amides is 2. The fourth-order valence-electron chi connectivity index (χ4n) is 3.44. The van der Waals surface area contributed by atoms with Crippen molar-refractivity contribution in [1.82, 2.24) is 15.0 Å². The summed E-state index contributed by atoms with van der Waals surface area (Å²) in [4.78, 5) is 33.2. The number of nitrogens with two attached hydrogens (primary N) is 2. The normalized spacial score (nSPS) is 17.2. The Morgan fingerprint density at radius 3 is 2.29 bits per heavy atom. The number of rotatable bonds is 6. The van der Waals surface area contributed by atoms with E-state index in [1.807, 2.05) is 0 Å². The highest BCUT2D eigenvalue weighted by Crippen LogP contribution is 2.59. The molecule has 5 N–H and O–H groups in total. The molecule has 4 rings (SSSR count). The second-order valence-corrected chi connectivity index (χ2v) is 7.15. The van der Waals surface area contributed by atoms with Crippen molar-refractivity contribution < 1.29 is 27.5 Å². The number of nitrogens with one attached hydrogen (secondary N) is 1. The van der Waals surface area contributed by atoms with Crippen molar-refractivity contribution in [2.75, 3.05) is 0 Å². The minimum Gasteiger partial charge on any atom is -0.457 e. The van der Waals surface area contributed by atoms with Gasteiger partial charge in [-0.3, -0.25) is 14.6 Å². The lowest BCUT2D eigenvalue weighted by molar-refractivity contribution is -0.141. The molecule has 3 aromatic rings. The number of alkyl halides is 3. The monoisotopic (exact) mass is 431 g/mol. The molecule has 2 heterocycles. The van der Waals surface area contributed by atoms with Gasteiger partial charge in [0, 0.05) is 18.2 Å². The zero-order valence-electron chi connectivity index (χ0n) is 15.8. The molecule has 1 aliphatic carbocycles. The van der Waals surface area contributed by atoms with E-state index in [-0.39, 0.29) is 23.9 Å². The largest absolute Gasteiger partial charge is 0.457 e. The Kier molecular flexibility index (Phi) is 4.68. The number of aromatic nitrogens is 3. The summed E-state index contributed by atoms with van der Waals surface area (Å²) < 4.78 is 44.0. The van der Waals surface area contributed by atoms with Gasteiger partial charge in [-0.2, -0.15) is 13.2 Å². The van der Waals surface area contributed by atoms with Crippen molar-refractivity contribution in [2.45, 2.75) is 18.5 Å². The highest BCUT2D eigenvalue weighted by molar-refractivity contribution is 6.08. The molecule has 0 radical (unpaired) electrons. The number of carbonyl (C=O) groups is 2. The maximum atomic E-state index is 12.7. The van der Waals surface area contributed by atoms with Crippen LogP contribution in [-0.2, 0) is 15.8 Å². The van der Waals surface area contributed by atoms with Crippen LogP contribution < -0.4 is 16.2 Å². The number of ether oxygens (including phenoxy) is 1. The van der Waals surface area contributed by atoms with E-state index in [2.05, 4.69) is 15.0 Å². The summed E-state index contributed by atoms with van der Waals surface area (Å²) in [6.07, 6.45) is -2.20. The molecular weight excluding hydrogens is 415 g/mol. The standard InChI is InChI=1S/C20H16F3N5O3/c21-20(22,23)15-9-27-16(28-15)14-7-12(5-6-26-14)31-11-3-1-10(2-4-11)13-8-19(13,17(24)29)18(25)30/h1-7,9,13H,8H2,(H2,24,29)(H2,25,30)(H,27,28). The van der Waals surface area contributed by atoms with Crippen molar-refractivity contribution in [3.8, 4) is 23.0 Å². The zero-order chi connectivity index (χ0) is 22.4. The van der Waals surface area contributed by atoms with Crippen LogP contribution in [0.1, 0.15) is 23.6 Å². The maximum Gasteiger partial charge on any atom is 0.432 e. The van der Waals surface area contributed by atoms with Gasteiger partial charge in [0.1, 0.15) is 28.3 Å². The first-order chi connectivity index (χ1) is 14.6. The molecular formula is C20H16F3N5O3. The first-order valence-corrected chi connectivity index (χ1v) is 9.07. The molecule has 0 aliphatic heterocycles. The molecule has 2 aromatic heterocycles. The summed E-state index contributed by atoms with van der Waals surface area (Å²) in [5, 5.41) is 0.